The summed E-state index contributed by atoms with van der Waals surface area (Å²) in [6.45, 7) is 6.84. The number of benzene rings is 3. The van der Waals surface area contributed by atoms with E-state index in [0.29, 0.717) is 0 Å². The first-order valence-corrected chi connectivity index (χ1v) is 15.5. The number of rotatable bonds is 4. The highest BCUT2D eigenvalue weighted by atomic mass is 32.3. The van der Waals surface area contributed by atoms with Gasteiger partial charge in [-0.25, -0.2) is 15.0 Å². The molecule has 0 aliphatic heterocycles. The predicted molar refractivity (Wildman–Crippen MR) is 154 cm³/mol. The van der Waals surface area contributed by atoms with Gasteiger partial charge in [-0.05, 0) is 64.3 Å². The van der Waals surface area contributed by atoms with Crippen molar-refractivity contribution >= 4 is 42.4 Å². The van der Waals surface area contributed by atoms with Crippen molar-refractivity contribution in [2.24, 2.45) is 0 Å². The monoisotopic (exact) mass is 484 g/mol. The third kappa shape index (κ3) is 4.62. The molecule has 3 aromatic carbocycles. The van der Waals surface area contributed by atoms with Crippen LogP contribution in [0.15, 0.2) is 72.9 Å². The van der Waals surface area contributed by atoms with Crippen molar-refractivity contribution in [2.45, 2.75) is 31.9 Å². The van der Waals surface area contributed by atoms with Crippen molar-refractivity contribution in [1.82, 2.24) is 9.97 Å². The van der Waals surface area contributed by atoms with E-state index in [1.165, 1.54) is 27.5 Å². The molecule has 2 aromatic heterocycles. The maximum atomic E-state index is 4.99. The minimum Gasteiger partial charge on any atom is -0.255 e. The molecular formula is C30H32N2S2. The average molecular weight is 485 g/mol. The minimum absolute atomic E-state index is 0.0406. The Labute approximate surface area is 208 Å². The van der Waals surface area contributed by atoms with E-state index >= 15 is 0 Å². The van der Waals surface area contributed by atoms with Gasteiger partial charge in [0.1, 0.15) is 5.01 Å². The maximum Gasteiger partial charge on any atom is 0.124 e. The molecule has 2 nitrogen and oxygen atoms in total. The van der Waals surface area contributed by atoms with Crippen LogP contribution in [0.25, 0.3) is 42.8 Å². The molecule has 0 fully saturated rings. The Morgan fingerprint density at radius 3 is 2.29 bits per heavy atom. The number of fused-ring (bicyclic) bond motifs is 2. The van der Waals surface area contributed by atoms with E-state index in [2.05, 4.69) is 100 Å². The Balaban J connectivity index is 1.61. The van der Waals surface area contributed by atoms with E-state index in [0.717, 1.165) is 32.2 Å². The van der Waals surface area contributed by atoms with E-state index in [1.54, 1.807) is 11.3 Å². The normalized spacial score (nSPS) is 13.0. The second-order valence-electron chi connectivity index (χ2n) is 11.0. The zero-order chi connectivity index (χ0) is 24.1. The van der Waals surface area contributed by atoms with Crippen molar-refractivity contribution in [2.75, 3.05) is 18.8 Å². The number of thiazole rings is 1. The molecule has 34 heavy (non-hydrogen) atoms. The standard InChI is InChI=1S/C30H32N2S2/c1-30(2,3)25-18-23(17-22-9-7-8-10-24(22)25)27-28-26(15-16-31-27)32-29(33-28)21-13-11-20(12-14-21)19-34(4,5)6/h7-18H,19H2,1-6H3. The Bertz CT molecular complexity index is 1480. The van der Waals surface area contributed by atoms with Crippen molar-refractivity contribution in [3.05, 3.63) is 84.1 Å². The van der Waals surface area contributed by atoms with Gasteiger partial charge in [-0.2, -0.15) is 0 Å². The molecule has 4 heteroatoms. The Morgan fingerprint density at radius 2 is 1.59 bits per heavy atom. The summed E-state index contributed by atoms with van der Waals surface area (Å²) in [4.78, 5) is 9.83. The van der Waals surface area contributed by atoms with Gasteiger partial charge in [0.05, 0.1) is 15.9 Å². The first kappa shape index (κ1) is 23.1. The van der Waals surface area contributed by atoms with Crippen molar-refractivity contribution in [3.8, 4) is 21.8 Å². The summed E-state index contributed by atoms with van der Waals surface area (Å²) in [6.07, 6.45) is 8.98. The van der Waals surface area contributed by atoms with Crippen LogP contribution in [0.1, 0.15) is 31.9 Å². The van der Waals surface area contributed by atoms with Crippen molar-refractivity contribution in [3.63, 3.8) is 0 Å². The van der Waals surface area contributed by atoms with Gasteiger partial charge < -0.3 is 0 Å². The summed E-state index contributed by atoms with van der Waals surface area (Å²) < 4.78 is 1.15. The molecule has 0 radical (unpaired) electrons. The van der Waals surface area contributed by atoms with Gasteiger partial charge in [0.2, 0.25) is 0 Å². The maximum absolute atomic E-state index is 4.99. The summed E-state index contributed by atoms with van der Waals surface area (Å²) >= 11 is 1.74. The first-order chi connectivity index (χ1) is 16.1. The van der Waals surface area contributed by atoms with Crippen LogP contribution in [0.3, 0.4) is 0 Å². The van der Waals surface area contributed by atoms with E-state index in [9.17, 15) is 0 Å². The van der Waals surface area contributed by atoms with Gasteiger partial charge in [0, 0.05) is 23.1 Å². The number of nitrogens with zero attached hydrogens (tertiary/aromatic N) is 2. The third-order valence-electron chi connectivity index (χ3n) is 6.05. The topological polar surface area (TPSA) is 25.8 Å². The molecule has 0 atom stereocenters. The van der Waals surface area contributed by atoms with Gasteiger partial charge in [-0.3, -0.25) is 4.98 Å². The summed E-state index contributed by atoms with van der Waals surface area (Å²) in [5.74, 6) is 1.15. The molecule has 0 saturated carbocycles. The molecule has 5 rings (SSSR count). The Kier molecular flexibility index (Phi) is 5.78. The third-order valence-corrected chi connectivity index (χ3v) is 8.37. The summed E-state index contributed by atoms with van der Waals surface area (Å²) in [5, 5.41) is 3.62. The predicted octanol–water partition coefficient (Wildman–Crippen LogP) is 8.67. The first-order valence-electron chi connectivity index (χ1n) is 11.6. The van der Waals surface area contributed by atoms with E-state index in [4.69, 9.17) is 9.97 Å². The summed E-state index contributed by atoms with van der Waals surface area (Å²) in [7, 11) is -0.563. The lowest BCUT2D eigenvalue weighted by atomic mass is 9.82. The molecule has 0 bridgehead atoms. The van der Waals surface area contributed by atoms with Crippen LogP contribution in [-0.2, 0) is 11.2 Å². The lowest BCUT2D eigenvalue weighted by molar-refractivity contribution is 0.596. The number of pyridine rings is 1. The highest BCUT2D eigenvalue weighted by molar-refractivity contribution is 8.31. The van der Waals surface area contributed by atoms with Crippen molar-refractivity contribution in [1.29, 1.82) is 0 Å². The summed E-state index contributed by atoms with van der Waals surface area (Å²) in [6, 6.07) is 24.3. The van der Waals surface area contributed by atoms with Gasteiger partial charge >= 0.3 is 0 Å². The quantitative estimate of drug-likeness (QED) is 0.255. The lowest BCUT2D eigenvalue weighted by Crippen LogP contribution is -2.12. The summed E-state index contributed by atoms with van der Waals surface area (Å²) in [5.41, 5.74) is 7.16. The Hall–Kier alpha value is -2.69. The SMILES string of the molecule is CC(C)(C)c1cc(-c2nccc3nc(-c4ccc(CS(C)(C)C)cc4)sc23)cc2ccccc12. The van der Waals surface area contributed by atoms with Crippen LogP contribution < -0.4 is 0 Å². The second-order valence-corrected chi connectivity index (χ2v) is 16.4. The minimum atomic E-state index is -0.563. The average Bonchev–Trinajstić information content (AvgIpc) is 3.21. The zero-order valence-electron chi connectivity index (χ0n) is 20.8. The van der Waals surface area contributed by atoms with Gasteiger partial charge in [-0.1, -0.05) is 69.3 Å². The van der Waals surface area contributed by atoms with Crippen LogP contribution in [0.2, 0.25) is 0 Å². The van der Waals surface area contributed by atoms with Gasteiger partial charge in [-0.15, -0.1) is 11.3 Å². The highest BCUT2D eigenvalue weighted by Gasteiger charge is 2.20. The van der Waals surface area contributed by atoms with Gasteiger partial charge in [0.15, 0.2) is 0 Å². The van der Waals surface area contributed by atoms with Gasteiger partial charge in [0.25, 0.3) is 0 Å². The van der Waals surface area contributed by atoms with E-state index in [1.807, 2.05) is 12.3 Å². The van der Waals surface area contributed by atoms with Crippen LogP contribution >= 0.6 is 21.4 Å². The van der Waals surface area contributed by atoms with Crippen molar-refractivity contribution < 1.29 is 0 Å². The molecule has 0 unspecified atom stereocenters. The Morgan fingerprint density at radius 1 is 0.853 bits per heavy atom. The van der Waals surface area contributed by atoms with E-state index < -0.39 is 10.0 Å². The van der Waals surface area contributed by atoms with E-state index in [-0.39, 0.29) is 5.41 Å². The second kappa shape index (κ2) is 8.51. The molecular weight excluding hydrogens is 452 g/mol. The largest absolute Gasteiger partial charge is 0.255 e. The molecule has 0 aliphatic carbocycles. The molecule has 0 aliphatic rings. The smallest absolute Gasteiger partial charge is 0.124 e. The molecule has 0 N–H and O–H groups in total. The fourth-order valence-corrected chi connectivity index (χ4v) is 6.77. The molecule has 0 spiro atoms. The lowest BCUT2D eigenvalue weighted by Gasteiger charge is -2.25. The van der Waals surface area contributed by atoms with Crippen LogP contribution in [0, 0.1) is 0 Å². The molecule has 174 valence electrons. The zero-order valence-corrected chi connectivity index (χ0v) is 22.5. The number of aromatic nitrogens is 2. The highest BCUT2D eigenvalue weighted by Crippen LogP contribution is 2.41. The molecule has 0 saturated heterocycles. The fourth-order valence-electron chi connectivity index (χ4n) is 4.50. The molecule has 5 aromatic rings. The fraction of sp³-hybridized carbons (Fsp3) is 0.267. The van der Waals surface area contributed by atoms with Crippen LogP contribution in [0.4, 0.5) is 0 Å². The number of hydrogen-bond acceptors (Lipinski definition) is 3. The van der Waals surface area contributed by atoms with Crippen LogP contribution in [-0.4, -0.2) is 28.7 Å². The van der Waals surface area contributed by atoms with Crippen LogP contribution in [0.5, 0.6) is 0 Å². The molecule has 2 heterocycles. The number of hydrogen-bond donors (Lipinski definition) is 0. The molecule has 0 amide bonds.